The van der Waals surface area contributed by atoms with Gasteiger partial charge in [-0.25, -0.2) is 0 Å². The van der Waals surface area contributed by atoms with Gasteiger partial charge in [0.1, 0.15) is 6.04 Å². The molecule has 1 aromatic carbocycles. The molecule has 1 unspecified atom stereocenters. The van der Waals surface area contributed by atoms with E-state index in [-0.39, 0.29) is 25.1 Å². The minimum Gasteiger partial charge on any atom is -0.368 e. The lowest BCUT2D eigenvalue weighted by atomic mass is 10.0. The SMILES string of the molecule is NC(=O)C1CC(=O)NCCN1C(=O)Cc1ccccc1C(F)(F)F. The highest BCUT2D eigenvalue weighted by Crippen LogP contribution is 2.32. The number of amides is 3. The lowest BCUT2D eigenvalue weighted by molar-refractivity contribution is -0.141. The predicted octanol–water partition coefficient (Wildman–Crippen LogP) is 0.450. The van der Waals surface area contributed by atoms with Crippen LogP contribution in [0.25, 0.3) is 0 Å². The van der Waals surface area contributed by atoms with Gasteiger partial charge in [0.05, 0.1) is 18.4 Å². The molecule has 2 rings (SSSR count). The van der Waals surface area contributed by atoms with Crippen LogP contribution in [0.3, 0.4) is 0 Å². The number of rotatable bonds is 3. The first-order valence-electron chi connectivity index (χ1n) is 7.20. The Hall–Kier alpha value is -2.58. The molecule has 0 saturated carbocycles. The summed E-state index contributed by atoms with van der Waals surface area (Å²) in [6.07, 6.45) is -5.42. The maximum atomic E-state index is 13.0. The first-order valence-corrected chi connectivity index (χ1v) is 7.20. The van der Waals surface area contributed by atoms with E-state index in [0.717, 1.165) is 11.0 Å². The second-order valence-corrected chi connectivity index (χ2v) is 5.39. The number of hydrogen-bond donors (Lipinski definition) is 2. The van der Waals surface area contributed by atoms with Crippen molar-refractivity contribution in [3.05, 3.63) is 35.4 Å². The van der Waals surface area contributed by atoms with Crippen LogP contribution in [-0.4, -0.2) is 41.8 Å². The van der Waals surface area contributed by atoms with Crippen LogP contribution in [0.15, 0.2) is 24.3 Å². The van der Waals surface area contributed by atoms with Gasteiger partial charge < -0.3 is 16.0 Å². The van der Waals surface area contributed by atoms with Gasteiger partial charge >= 0.3 is 6.18 Å². The number of benzene rings is 1. The minimum absolute atomic E-state index is 0.00631. The fourth-order valence-corrected chi connectivity index (χ4v) is 2.60. The molecule has 130 valence electrons. The number of alkyl halides is 3. The third-order valence-corrected chi connectivity index (χ3v) is 3.74. The summed E-state index contributed by atoms with van der Waals surface area (Å²) >= 11 is 0. The van der Waals surface area contributed by atoms with Crippen LogP contribution in [0.2, 0.25) is 0 Å². The molecule has 1 atom stereocenters. The van der Waals surface area contributed by atoms with Crippen molar-refractivity contribution in [2.75, 3.05) is 13.1 Å². The molecule has 6 nitrogen and oxygen atoms in total. The van der Waals surface area contributed by atoms with Gasteiger partial charge in [0.25, 0.3) is 0 Å². The van der Waals surface area contributed by atoms with Crippen molar-refractivity contribution in [2.45, 2.75) is 25.1 Å². The van der Waals surface area contributed by atoms with Crippen LogP contribution in [0.1, 0.15) is 17.5 Å². The highest BCUT2D eigenvalue weighted by molar-refractivity contribution is 5.92. The van der Waals surface area contributed by atoms with E-state index < -0.39 is 41.9 Å². The molecule has 3 N–H and O–H groups in total. The van der Waals surface area contributed by atoms with E-state index in [1.165, 1.54) is 18.2 Å². The summed E-state index contributed by atoms with van der Waals surface area (Å²) in [5.74, 6) is -2.00. The Morgan fingerprint density at radius 1 is 1.29 bits per heavy atom. The molecule has 0 bridgehead atoms. The summed E-state index contributed by atoms with van der Waals surface area (Å²) in [4.78, 5) is 36.5. The summed E-state index contributed by atoms with van der Waals surface area (Å²) < 4.78 is 39.0. The third-order valence-electron chi connectivity index (χ3n) is 3.74. The normalized spacial score (nSPS) is 18.7. The average Bonchev–Trinajstić information content (AvgIpc) is 2.68. The Labute approximate surface area is 135 Å². The van der Waals surface area contributed by atoms with E-state index in [2.05, 4.69) is 5.32 Å². The molecule has 3 amide bonds. The lowest BCUT2D eigenvalue weighted by Crippen LogP contribution is -2.49. The molecule has 24 heavy (non-hydrogen) atoms. The first-order chi connectivity index (χ1) is 11.2. The molecule has 0 spiro atoms. The van der Waals surface area contributed by atoms with E-state index >= 15 is 0 Å². The quantitative estimate of drug-likeness (QED) is 0.835. The van der Waals surface area contributed by atoms with E-state index in [1.807, 2.05) is 0 Å². The van der Waals surface area contributed by atoms with Gasteiger partial charge in [-0.1, -0.05) is 18.2 Å². The van der Waals surface area contributed by atoms with Crippen LogP contribution in [-0.2, 0) is 27.0 Å². The smallest absolute Gasteiger partial charge is 0.368 e. The van der Waals surface area contributed by atoms with E-state index in [9.17, 15) is 27.6 Å². The van der Waals surface area contributed by atoms with Crippen LogP contribution in [0.5, 0.6) is 0 Å². The fraction of sp³-hybridized carbons (Fsp3) is 0.400. The average molecular weight is 343 g/mol. The van der Waals surface area contributed by atoms with Gasteiger partial charge in [0.2, 0.25) is 17.7 Å². The Kier molecular flexibility index (Phi) is 5.10. The van der Waals surface area contributed by atoms with Crippen LogP contribution in [0.4, 0.5) is 13.2 Å². The minimum atomic E-state index is -4.59. The maximum Gasteiger partial charge on any atom is 0.416 e. The van der Waals surface area contributed by atoms with Crippen molar-refractivity contribution in [3.63, 3.8) is 0 Å². The van der Waals surface area contributed by atoms with Gasteiger partial charge in [0.15, 0.2) is 0 Å². The molecule has 1 saturated heterocycles. The maximum absolute atomic E-state index is 13.0. The Bertz CT molecular complexity index is 661. The van der Waals surface area contributed by atoms with Gasteiger partial charge in [-0.15, -0.1) is 0 Å². The van der Waals surface area contributed by atoms with E-state index in [4.69, 9.17) is 5.73 Å². The molecule has 0 aromatic heterocycles. The zero-order valence-electron chi connectivity index (χ0n) is 12.6. The highest BCUT2D eigenvalue weighted by Gasteiger charge is 2.36. The van der Waals surface area contributed by atoms with Gasteiger partial charge in [-0.3, -0.25) is 14.4 Å². The number of nitrogens with zero attached hydrogens (tertiary/aromatic N) is 1. The summed E-state index contributed by atoms with van der Waals surface area (Å²) in [5.41, 5.74) is 4.13. The molecule has 9 heteroatoms. The van der Waals surface area contributed by atoms with E-state index in [1.54, 1.807) is 0 Å². The molecular weight excluding hydrogens is 327 g/mol. The number of carbonyl (C=O) groups excluding carboxylic acids is 3. The standard InChI is InChI=1S/C15H16F3N3O3/c16-15(17,18)10-4-2-1-3-9(10)7-13(23)21-6-5-20-12(22)8-11(21)14(19)24/h1-4,11H,5-8H2,(H2,19,24)(H,20,22). The van der Waals surface area contributed by atoms with Gasteiger partial charge in [0, 0.05) is 13.1 Å². The summed E-state index contributed by atoms with van der Waals surface area (Å²) in [5, 5.41) is 2.49. The van der Waals surface area contributed by atoms with Crippen molar-refractivity contribution in [1.82, 2.24) is 10.2 Å². The highest BCUT2D eigenvalue weighted by atomic mass is 19.4. The van der Waals surface area contributed by atoms with Gasteiger partial charge in [-0.2, -0.15) is 13.2 Å². The largest absolute Gasteiger partial charge is 0.416 e. The monoisotopic (exact) mass is 343 g/mol. The third kappa shape index (κ3) is 4.03. The molecular formula is C15H16F3N3O3. The Balaban J connectivity index is 2.25. The molecule has 0 aliphatic carbocycles. The zero-order valence-corrected chi connectivity index (χ0v) is 12.6. The predicted molar refractivity (Wildman–Crippen MR) is 77.5 cm³/mol. The fourth-order valence-electron chi connectivity index (χ4n) is 2.60. The second kappa shape index (κ2) is 6.90. The van der Waals surface area contributed by atoms with Crippen LogP contribution >= 0.6 is 0 Å². The number of nitrogens with two attached hydrogens (primary N) is 1. The summed E-state index contributed by atoms with van der Waals surface area (Å²) in [7, 11) is 0. The van der Waals surface area contributed by atoms with Crippen LogP contribution < -0.4 is 11.1 Å². The number of halogens is 3. The van der Waals surface area contributed by atoms with Crippen molar-refractivity contribution in [2.24, 2.45) is 5.73 Å². The number of primary amides is 1. The summed E-state index contributed by atoms with van der Waals surface area (Å²) in [6, 6.07) is 3.57. The number of hydrogen-bond acceptors (Lipinski definition) is 3. The number of nitrogens with one attached hydrogen (secondary N) is 1. The van der Waals surface area contributed by atoms with E-state index in [0.29, 0.717) is 0 Å². The molecule has 1 fully saturated rings. The van der Waals surface area contributed by atoms with Crippen molar-refractivity contribution < 1.29 is 27.6 Å². The Morgan fingerprint density at radius 3 is 2.58 bits per heavy atom. The van der Waals surface area contributed by atoms with Crippen molar-refractivity contribution in [1.29, 1.82) is 0 Å². The number of carbonyl (C=O) groups is 3. The Morgan fingerprint density at radius 2 is 1.96 bits per heavy atom. The first kappa shape index (κ1) is 17.8. The van der Waals surface area contributed by atoms with Gasteiger partial charge in [-0.05, 0) is 11.6 Å². The van der Waals surface area contributed by atoms with Crippen molar-refractivity contribution in [3.8, 4) is 0 Å². The van der Waals surface area contributed by atoms with Crippen molar-refractivity contribution >= 4 is 17.7 Å². The zero-order chi connectivity index (χ0) is 17.9. The lowest BCUT2D eigenvalue weighted by Gasteiger charge is -2.27. The second-order valence-electron chi connectivity index (χ2n) is 5.39. The molecule has 1 aliphatic rings. The topological polar surface area (TPSA) is 92.5 Å². The molecule has 0 radical (unpaired) electrons. The molecule has 1 heterocycles. The molecule has 1 aliphatic heterocycles. The molecule has 1 aromatic rings. The summed E-state index contributed by atoms with van der Waals surface area (Å²) in [6.45, 7) is 0.113. The van der Waals surface area contributed by atoms with Crippen LogP contribution in [0, 0.1) is 0 Å².